The van der Waals surface area contributed by atoms with Crippen molar-refractivity contribution in [3.05, 3.63) is 106 Å². The van der Waals surface area contributed by atoms with Gasteiger partial charge in [-0.1, -0.05) is 54.6 Å². The van der Waals surface area contributed by atoms with Crippen molar-refractivity contribution in [3.63, 3.8) is 0 Å². The summed E-state index contributed by atoms with van der Waals surface area (Å²) in [5, 5.41) is 20.2. The number of allylic oxidation sites excluding steroid dienone is 2. The number of fused-ring (bicyclic) bond motifs is 4. The minimum Gasteiger partial charge on any atom is -0.481 e. The molecule has 0 radical (unpaired) electrons. The minimum atomic E-state index is -0.854. The number of carbonyl (C=O) groups excluding carboxylic acids is 1. The highest BCUT2D eigenvalue weighted by molar-refractivity contribution is 5.99. The van der Waals surface area contributed by atoms with E-state index >= 15 is 0 Å². The van der Waals surface area contributed by atoms with Gasteiger partial charge in [-0.15, -0.1) is 5.10 Å². The smallest absolute Gasteiger partial charge is 0.307 e. The van der Waals surface area contributed by atoms with Crippen molar-refractivity contribution in [1.82, 2.24) is 24.5 Å². The summed E-state index contributed by atoms with van der Waals surface area (Å²) in [6.45, 7) is 5.51. The number of nitrogens with zero attached hydrogens (tertiary/aromatic N) is 5. The number of hydrogen-bond donors (Lipinski definition) is 1. The molecule has 8 heteroatoms. The topological polar surface area (TPSA) is 93.3 Å². The predicted molar refractivity (Wildman–Crippen MR) is 166 cm³/mol. The Hall–Kier alpha value is -4.72. The SMILES string of the molecule is Cc1c2ccc3c1nnn3C/C=C/CCc1ccc3c(c1)cc(n3C)C(=O)N1CCc3ccc(cc3C1)[C@H]2[C@H](C)C(=O)O. The van der Waals surface area contributed by atoms with E-state index in [1.54, 1.807) is 6.92 Å². The van der Waals surface area contributed by atoms with Crippen LogP contribution in [0.15, 0.2) is 66.7 Å². The molecule has 1 amide bonds. The van der Waals surface area contributed by atoms with E-state index in [4.69, 9.17) is 0 Å². The van der Waals surface area contributed by atoms with E-state index in [9.17, 15) is 14.7 Å². The van der Waals surface area contributed by atoms with Crippen LogP contribution in [0.3, 0.4) is 0 Å². The van der Waals surface area contributed by atoms with Crippen LogP contribution in [0.5, 0.6) is 0 Å². The number of aryl methyl sites for hydroxylation is 3. The molecule has 1 N–H and O–H groups in total. The molecule has 0 saturated carbocycles. The lowest BCUT2D eigenvalue weighted by Crippen LogP contribution is -2.37. The zero-order chi connectivity index (χ0) is 29.8. The van der Waals surface area contributed by atoms with Crippen LogP contribution in [0.4, 0.5) is 0 Å². The molecule has 43 heavy (non-hydrogen) atoms. The molecule has 0 fully saturated rings. The van der Waals surface area contributed by atoms with Gasteiger partial charge in [0, 0.05) is 37.0 Å². The number of aromatic nitrogens is 4. The summed E-state index contributed by atoms with van der Waals surface area (Å²) < 4.78 is 3.89. The minimum absolute atomic E-state index is 0.0150. The third-order valence-electron chi connectivity index (χ3n) is 9.47. The van der Waals surface area contributed by atoms with Gasteiger partial charge in [-0.25, -0.2) is 4.68 Å². The highest BCUT2D eigenvalue weighted by Gasteiger charge is 2.31. The third kappa shape index (κ3) is 4.61. The average Bonchev–Trinajstić information content (AvgIpc) is 3.57. The maximum Gasteiger partial charge on any atom is 0.307 e. The van der Waals surface area contributed by atoms with E-state index in [0.717, 1.165) is 63.5 Å². The molecule has 0 saturated heterocycles. The summed E-state index contributed by atoms with van der Waals surface area (Å²) >= 11 is 0. The van der Waals surface area contributed by atoms with Gasteiger partial charge in [-0.05, 0) is 83.8 Å². The monoisotopic (exact) mass is 573 g/mol. The summed E-state index contributed by atoms with van der Waals surface area (Å²) in [5.74, 6) is -1.89. The molecule has 0 aliphatic carbocycles. The van der Waals surface area contributed by atoms with E-state index in [-0.39, 0.29) is 11.8 Å². The highest BCUT2D eigenvalue weighted by Crippen LogP contribution is 2.38. The summed E-state index contributed by atoms with van der Waals surface area (Å²) in [6.07, 6.45) is 6.85. The Balaban J connectivity index is 1.37. The number of amides is 1. The lowest BCUT2D eigenvalue weighted by atomic mass is 9.78. The molecular formula is C35H35N5O3. The summed E-state index contributed by atoms with van der Waals surface area (Å²) in [6, 6.07) is 18.8. The number of hydrogen-bond acceptors (Lipinski definition) is 4. The summed E-state index contributed by atoms with van der Waals surface area (Å²) in [4.78, 5) is 28.2. The first kappa shape index (κ1) is 27.1. The molecule has 8 nitrogen and oxygen atoms in total. The lowest BCUT2D eigenvalue weighted by Gasteiger charge is -2.31. The van der Waals surface area contributed by atoms with Crippen molar-refractivity contribution >= 4 is 33.8 Å². The van der Waals surface area contributed by atoms with Crippen LogP contribution in [0.25, 0.3) is 21.9 Å². The van der Waals surface area contributed by atoms with Crippen LogP contribution < -0.4 is 0 Å². The second kappa shape index (κ2) is 10.5. The molecule has 5 heterocycles. The number of aliphatic carboxylic acids is 1. The van der Waals surface area contributed by atoms with Gasteiger partial charge in [0.25, 0.3) is 5.91 Å². The van der Waals surface area contributed by atoms with E-state index in [1.807, 2.05) is 46.3 Å². The van der Waals surface area contributed by atoms with Gasteiger partial charge in [-0.2, -0.15) is 0 Å². The van der Waals surface area contributed by atoms with Crippen LogP contribution in [-0.4, -0.2) is 48.0 Å². The predicted octanol–water partition coefficient (Wildman–Crippen LogP) is 5.78. The molecule has 8 rings (SSSR count). The number of carbonyl (C=O) groups is 2. The molecule has 3 aliphatic heterocycles. The van der Waals surface area contributed by atoms with E-state index in [1.165, 1.54) is 11.1 Å². The van der Waals surface area contributed by atoms with Gasteiger partial charge in [0.15, 0.2) is 0 Å². The molecule has 218 valence electrons. The summed E-state index contributed by atoms with van der Waals surface area (Å²) in [5.41, 5.74) is 9.76. The number of carboxylic acid groups (broad SMARTS) is 1. The fourth-order valence-corrected chi connectivity index (χ4v) is 6.94. The van der Waals surface area contributed by atoms with Gasteiger partial charge in [0.2, 0.25) is 0 Å². The Kier molecular flexibility index (Phi) is 6.64. The molecular weight excluding hydrogens is 538 g/mol. The lowest BCUT2D eigenvalue weighted by molar-refractivity contribution is -0.141. The van der Waals surface area contributed by atoms with Crippen molar-refractivity contribution < 1.29 is 14.7 Å². The zero-order valence-electron chi connectivity index (χ0n) is 24.7. The van der Waals surface area contributed by atoms with Crippen LogP contribution in [0, 0.1) is 12.8 Å². The first-order chi connectivity index (χ1) is 20.8. The molecule has 2 aromatic heterocycles. The van der Waals surface area contributed by atoms with Crippen molar-refractivity contribution in [2.24, 2.45) is 13.0 Å². The number of carboxylic acids is 1. The van der Waals surface area contributed by atoms with Crippen LogP contribution in [0.2, 0.25) is 0 Å². The van der Waals surface area contributed by atoms with Crippen LogP contribution >= 0.6 is 0 Å². The van der Waals surface area contributed by atoms with Crippen molar-refractivity contribution in [2.45, 2.75) is 52.1 Å². The van der Waals surface area contributed by atoms with Crippen molar-refractivity contribution in [2.75, 3.05) is 6.54 Å². The molecule has 3 aromatic carbocycles. The first-order valence-corrected chi connectivity index (χ1v) is 15.0. The molecule has 10 bridgehead atoms. The van der Waals surface area contributed by atoms with Crippen LogP contribution in [-0.2, 0) is 37.8 Å². The molecule has 0 unspecified atom stereocenters. The van der Waals surface area contributed by atoms with E-state index in [2.05, 4.69) is 58.9 Å². The van der Waals surface area contributed by atoms with Crippen molar-refractivity contribution in [3.8, 4) is 0 Å². The Morgan fingerprint density at radius 1 is 1.00 bits per heavy atom. The largest absolute Gasteiger partial charge is 0.481 e. The quantitative estimate of drug-likeness (QED) is 0.270. The van der Waals surface area contributed by atoms with Crippen LogP contribution in [0.1, 0.15) is 63.1 Å². The Labute approximate surface area is 250 Å². The third-order valence-corrected chi connectivity index (χ3v) is 9.47. The van der Waals surface area contributed by atoms with E-state index in [0.29, 0.717) is 25.3 Å². The maximum atomic E-state index is 13.9. The van der Waals surface area contributed by atoms with E-state index < -0.39 is 11.9 Å². The fraction of sp³-hybridized carbons (Fsp3) is 0.314. The van der Waals surface area contributed by atoms with Gasteiger partial charge in [-0.3, -0.25) is 9.59 Å². The molecule has 0 spiro atoms. The standard InChI is InChI=1S/C35H35N5O3/c1-21-28-11-13-30-33(21)36-37-40(30)15-6-4-5-7-23-8-12-29-26(17-23)19-31(38(29)3)34(41)39-16-14-24-9-10-25(18-27(24)20-39)32(28)22(2)35(42)43/h4,6,8-13,17-19,22,32H,5,7,14-16,20H2,1-3H3,(H,42,43)/b6-4+/t22-,32+/m0/s1. The van der Waals surface area contributed by atoms with Gasteiger partial charge >= 0.3 is 5.97 Å². The van der Waals surface area contributed by atoms with Gasteiger partial charge in [0.05, 0.1) is 18.0 Å². The maximum absolute atomic E-state index is 13.9. The molecule has 2 atom stereocenters. The molecule has 5 aromatic rings. The number of benzene rings is 3. The van der Waals surface area contributed by atoms with Gasteiger partial charge < -0.3 is 14.6 Å². The Bertz CT molecular complexity index is 1950. The Morgan fingerprint density at radius 3 is 2.67 bits per heavy atom. The van der Waals surface area contributed by atoms with Crippen molar-refractivity contribution in [1.29, 1.82) is 0 Å². The van der Waals surface area contributed by atoms with Gasteiger partial charge in [0.1, 0.15) is 11.2 Å². The first-order valence-electron chi connectivity index (χ1n) is 15.0. The number of rotatable bonds is 2. The summed E-state index contributed by atoms with van der Waals surface area (Å²) in [7, 11) is 1.96. The second-order valence-corrected chi connectivity index (χ2v) is 12.0. The highest BCUT2D eigenvalue weighted by atomic mass is 16.4. The molecule has 3 aliphatic rings. The Morgan fingerprint density at radius 2 is 1.84 bits per heavy atom. The normalized spacial score (nSPS) is 18.5. The zero-order valence-corrected chi connectivity index (χ0v) is 24.7. The second-order valence-electron chi connectivity index (χ2n) is 12.0. The average molecular weight is 574 g/mol. The fourth-order valence-electron chi connectivity index (χ4n) is 6.94.